The van der Waals surface area contributed by atoms with Crippen LogP contribution in [0.5, 0.6) is 11.5 Å². The number of carbonyl (C=O) groups excluding carboxylic acids is 1. The molecule has 0 unspecified atom stereocenters. The Bertz CT molecular complexity index is 512. The molecule has 0 saturated heterocycles. The molecule has 0 bridgehead atoms. The molecule has 19 heavy (non-hydrogen) atoms. The first-order valence-corrected chi connectivity index (χ1v) is 6.49. The van der Waals surface area contributed by atoms with E-state index < -0.39 is 0 Å². The highest BCUT2D eigenvalue weighted by Crippen LogP contribution is 2.39. The van der Waals surface area contributed by atoms with Gasteiger partial charge < -0.3 is 14.8 Å². The van der Waals surface area contributed by atoms with Crippen molar-refractivity contribution in [3.63, 3.8) is 0 Å². The number of fused-ring (bicyclic) bond motifs is 1. The molecule has 5 heteroatoms. The minimum absolute atomic E-state index is 0.123. The average Bonchev–Trinajstić information content (AvgIpc) is 2.82. The van der Waals surface area contributed by atoms with Gasteiger partial charge in [-0.1, -0.05) is 25.4 Å². The van der Waals surface area contributed by atoms with Gasteiger partial charge in [-0.25, -0.2) is 0 Å². The standard InChI is InChI=1S/C14H16ClNO3/c1-9(2)7-16-13(17)4-3-10-5-11(15)14-12(6-10)18-8-19-14/h3-6,9H,7-8H2,1-2H3,(H,16,17). The number of ether oxygens (including phenoxy) is 2. The first-order chi connectivity index (χ1) is 9.06. The van der Waals surface area contributed by atoms with E-state index in [9.17, 15) is 4.79 Å². The third-order valence-electron chi connectivity index (χ3n) is 2.56. The van der Waals surface area contributed by atoms with E-state index in [1.54, 1.807) is 18.2 Å². The molecule has 1 N–H and O–H groups in total. The Morgan fingerprint density at radius 3 is 3.00 bits per heavy atom. The molecule has 0 spiro atoms. The van der Waals surface area contributed by atoms with Crippen LogP contribution >= 0.6 is 11.6 Å². The third-order valence-corrected chi connectivity index (χ3v) is 2.84. The van der Waals surface area contributed by atoms with Crippen molar-refractivity contribution in [3.8, 4) is 11.5 Å². The van der Waals surface area contributed by atoms with Gasteiger partial charge >= 0.3 is 0 Å². The predicted molar refractivity (Wildman–Crippen MR) is 74.5 cm³/mol. The van der Waals surface area contributed by atoms with Crippen LogP contribution in [0.1, 0.15) is 19.4 Å². The number of nitrogens with one attached hydrogen (secondary N) is 1. The van der Waals surface area contributed by atoms with E-state index in [2.05, 4.69) is 5.32 Å². The van der Waals surface area contributed by atoms with Crippen molar-refractivity contribution in [1.82, 2.24) is 5.32 Å². The summed E-state index contributed by atoms with van der Waals surface area (Å²) in [5.74, 6) is 1.47. The van der Waals surface area contributed by atoms with Gasteiger partial charge in [-0.2, -0.15) is 0 Å². The molecule has 1 aliphatic heterocycles. The summed E-state index contributed by atoms with van der Waals surface area (Å²) in [6, 6.07) is 3.53. The van der Waals surface area contributed by atoms with E-state index >= 15 is 0 Å². The summed E-state index contributed by atoms with van der Waals surface area (Å²) in [6.07, 6.45) is 3.18. The summed E-state index contributed by atoms with van der Waals surface area (Å²) in [5, 5.41) is 3.29. The van der Waals surface area contributed by atoms with Crippen LogP contribution in [0.3, 0.4) is 0 Å². The van der Waals surface area contributed by atoms with Crippen molar-refractivity contribution < 1.29 is 14.3 Å². The second-order valence-corrected chi connectivity index (χ2v) is 5.12. The fourth-order valence-electron chi connectivity index (χ4n) is 1.62. The number of benzene rings is 1. The zero-order valence-electron chi connectivity index (χ0n) is 10.9. The highest BCUT2D eigenvalue weighted by molar-refractivity contribution is 6.32. The second-order valence-electron chi connectivity index (χ2n) is 4.71. The van der Waals surface area contributed by atoms with Crippen LogP contribution in [0.2, 0.25) is 5.02 Å². The predicted octanol–water partition coefficient (Wildman–Crippen LogP) is 2.85. The Labute approximate surface area is 117 Å². The average molecular weight is 282 g/mol. The van der Waals surface area contributed by atoms with Crippen LogP contribution in [0, 0.1) is 5.92 Å². The summed E-state index contributed by atoms with van der Waals surface area (Å²) in [6.45, 7) is 4.92. The molecule has 1 aromatic carbocycles. The summed E-state index contributed by atoms with van der Waals surface area (Å²) in [7, 11) is 0. The first kappa shape index (κ1) is 13.7. The van der Waals surface area contributed by atoms with Crippen LogP contribution in [0.15, 0.2) is 18.2 Å². The van der Waals surface area contributed by atoms with Gasteiger partial charge in [0.2, 0.25) is 12.7 Å². The molecule has 0 saturated carbocycles. The molecule has 0 atom stereocenters. The molecule has 102 valence electrons. The highest BCUT2D eigenvalue weighted by atomic mass is 35.5. The van der Waals surface area contributed by atoms with Crippen molar-refractivity contribution in [3.05, 3.63) is 28.8 Å². The summed E-state index contributed by atoms with van der Waals surface area (Å²) in [4.78, 5) is 11.6. The summed E-state index contributed by atoms with van der Waals surface area (Å²) < 4.78 is 10.5. The Hall–Kier alpha value is -1.68. The number of amides is 1. The van der Waals surface area contributed by atoms with Gasteiger partial charge in [-0.15, -0.1) is 0 Å². The van der Waals surface area contributed by atoms with E-state index in [1.165, 1.54) is 6.08 Å². The molecule has 0 fully saturated rings. The number of halogens is 1. The van der Waals surface area contributed by atoms with Crippen molar-refractivity contribution in [2.75, 3.05) is 13.3 Å². The molecule has 2 rings (SSSR count). The van der Waals surface area contributed by atoms with Crippen LogP contribution in [0.4, 0.5) is 0 Å². The maximum absolute atomic E-state index is 11.6. The molecule has 4 nitrogen and oxygen atoms in total. The van der Waals surface area contributed by atoms with Crippen LogP contribution in [0.25, 0.3) is 6.08 Å². The molecular formula is C14H16ClNO3. The van der Waals surface area contributed by atoms with Gasteiger partial charge in [0, 0.05) is 12.6 Å². The second kappa shape index (κ2) is 5.97. The highest BCUT2D eigenvalue weighted by Gasteiger charge is 2.17. The number of hydrogen-bond donors (Lipinski definition) is 1. The van der Waals surface area contributed by atoms with Crippen molar-refractivity contribution in [2.45, 2.75) is 13.8 Å². The van der Waals surface area contributed by atoms with Crippen molar-refractivity contribution >= 4 is 23.6 Å². The maximum atomic E-state index is 11.6. The summed E-state index contributed by atoms with van der Waals surface area (Å²) >= 11 is 6.05. The lowest BCUT2D eigenvalue weighted by molar-refractivity contribution is -0.116. The van der Waals surface area contributed by atoms with Crippen LogP contribution in [-0.4, -0.2) is 19.2 Å². The minimum Gasteiger partial charge on any atom is -0.454 e. The maximum Gasteiger partial charge on any atom is 0.244 e. The first-order valence-electron chi connectivity index (χ1n) is 6.11. The zero-order chi connectivity index (χ0) is 13.8. The smallest absolute Gasteiger partial charge is 0.244 e. The molecule has 0 aliphatic carbocycles. The molecular weight excluding hydrogens is 266 g/mol. The Morgan fingerprint density at radius 1 is 1.47 bits per heavy atom. The minimum atomic E-state index is -0.123. The van der Waals surface area contributed by atoms with Gasteiger partial charge in [0.15, 0.2) is 11.5 Å². The van der Waals surface area contributed by atoms with E-state index in [0.717, 1.165) is 5.56 Å². The Morgan fingerprint density at radius 2 is 2.26 bits per heavy atom. The number of carbonyl (C=O) groups is 1. The fourth-order valence-corrected chi connectivity index (χ4v) is 1.89. The van der Waals surface area contributed by atoms with Gasteiger partial charge in [-0.3, -0.25) is 4.79 Å². The van der Waals surface area contributed by atoms with Crippen LogP contribution < -0.4 is 14.8 Å². The van der Waals surface area contributed by atoms with E-state index in [0.29, 0.717) is 29.0 Å². The molecule has 1 amide bonds. The van der Waals surface area contributed by atoms with Gasteiger partial charge in [0.1, 0.15) is 0 Å². The van der Waals surface area contributed by atoms with Crippen molar-refractivity contribution in [1.29, 1.82) is 0 Å². The van der Waals surface area contributed by atoms with Crippen LogP contribution in [-0.2, 0) is 4.79 Å². The van der Waals surface area contributed by atoms with Gasteiger partial charge in [0.25, 0.3) is 0 Å². The Kier molecular flexibility index (Phi) is 4.32. The molecule has 1 heterocycles. The molecule has 0 aromatic heterocycles. The molecule has 1 aliphatic rings. The van der Waals surface area contributed by atoms with E-state index in [-0.39, 0.29) is 12.7 Å². The topological polar surface area (TPSA) is 47.6 Å². The normalized spacial score (nSPS) is 13.3. The van der Waals surface area contributed by atoms with E-state index in [4.69, 9.17) is 21.1 Å². The monoisotopic (exact) mass is 281 g/mol. The number of hydrogen-bond acceptors (Lipinski definition) is 3. The SMILES string of the molecule is CC(C)CNC(=O)C=Cc1cc(Cl)c2c(c1)OCO2. The Balaban J connectivity index is 2.03. The third kappa shape index (κ3) is 3.64. The van der Waals surface area contributed by atoms with Crippen molar-refractivity contribution in [2.24, 2.45) is 5.92 Å². The van der Waals surface area contributed by atoms with E-state index in [1.807, 2.05) is 13.8 Å². The lowest BCUT2D eigenvalue weighted by Crippen LogP contribution is -2.25. The zero-order valence-corrected chi connectivity index (χ0v) is 11.7. The quantitative estimate of drug-likeness (QED) is 0.863. The van der Waals surface area contributed by atoms with Gasteiger partial charge in [-0.05, 0) is 29.7 Å². The lowest BCUT2D eigenvalue weighted by Gasteiger charge is -2.04. The largest absolute Gasteiger partial charge is 0.454 e. The molecule has 1 aromatic rings. The number of rotatable bonds is 4. The lowest BCUT2D eigenvalue weighted by atomic mass is 10.2. The fraction of sp³-hybridized carbons (Fsp3) is 0.357. The van der Waals surface area contributed by atoms with Gasteiger partial charge in [0.05, 0.1) is 5.02 Å². The molecule has 0 radical (unpaired) electrons. The summed E-state index contributed by atoms with van der Waals surface area (Å²) in [5.41, 5.74) is 0.800.